The maximum atomic E-state index is 12.8. The van der Waals surface area contributed by atoms with Crippen LogP contribution in [0, 0.1) is 0 Å². The third-order valence-electron chi connectivity index (χ3n) is 1.88. The summed E-state index contributed by atoms with van der Waals surface area (Å²) in [6.45, 7) is 0.0746. The minimum atomic E-state index is -1.04. The van der Waals surface area contributed by atoms with E-state index < -0.39 is 12.2 Å². The average molecular weight is 285 g/mol. The highest BCUT2D eigenvalue weighted by molar-refractivity contribution is 14.1. The molecule has 1 aliphatic rings. The molecule has 0 radical (unpaired) electrons. The van der Waals surface area contributed by atoms with Crippen LogP contribution >= 0.6 is 22.6 Å². The van der Waals surface area contributed by atoms with Gasteiger partial charge in [0.15, 0.2) is 0 Å². The monoisotopic (exact) mass is 285 g/mol. The molecule has 12 heavy (non-hydrogen) atoms. The van der Waals surface area contributed by atoms with E-state index in [-0.39, 0.29) is 18.9 Å². The molecule has 3 nitrogen and oxygen atoms in total. The van der Waals surface area contributed by atoms with Crippen molar-refractivity contribution >= 4 is 34.8 Å². The molecule has 0 saturated carbocycles. The summed E-state index contributed by atoms with van der Waals surface area (Å²) in [7, 11) is 0. The second-order valence-corrected chi connectivity index (χ2v) is 3.48. The summed E-state index contributed by atoms with van der Waals surface area (Å²) < 4.78 is 13.1. The molecular formula is C7H9FINO2. The maximum absolute atomic E-state index is 12.8. The van der Waals surface area contributed by atoms with E-state index in [9.17, 15) is 14.0 Å². The largest absolute Gasteiger partial charge is 0.329 e. The summed E-state index contributed by atoms with van der Waals surface area (Å²) in [5.74, 6) is -0.159. The number of alkyl halides is 2. The Bertz CT molecular complexity index is 200. The minimum absolute atomic E-state index is 0.0746. The number of aldehydes is 1. The topological polar surface area (TPSA) is 37.4 Å². The van der Waals surface area contributed by atoms with Gasteiger partial charge in [0.05, 0.1) is 17.0 Å². The van der Waals surface area contributed by atoms with E-state index in [1.807, 2.05) is 22.6 Å². The molecule has 1 rings (SSSR count). The van der Waals surface area contributed by atoms with E-state index in [0.717, 1.165) is 0 Å². The van der Waals surface area contributed by atoms with Gasteiger partial charge in [-0.3, -0.25) is 4.79 Å². The summed E-state index contributed by atoms with van der Waals surface area (Å²) in [5.41, 5.74) is 0. The Kier molecular flexibility index (Phi) is 3.42. The van der Waals surface area contributed by atoms with E-state index in [2.05, 4.69) is 0 Å². The number of rotatable bonds is 2. The van der Waals surface area contributed by atoms with Gasteiger partial charge in [-0.2, -0.15) is 0 Å². The first-order valence-corrected chi connectivity index (χ1v) is 5.16. The van der Waals surface area contributed by atoms with Crippen LogP contribution in [0.15, 0.2) is 0 Å². The van der Waals surface area contributed by atoms with Crippen LogP contribution in [0.3, 0.4) is 0 Å². The molecule has 2 atom stereocenters. The van der Waals surface area contributed by atoms with Crippen molar-refractivity contribution in [2.24, 2.45) is 0 Å². The summed E-state index contributed by atoms with van der Waals surface area (Å²) in [4.78, 5) is 22.9. The van der Waals surface area contributed by atoms with Crippen LogP contribution in [0.2, 0.25) is 0 Å². The second kappa shape index (κ2) is 4.15. The predicted octanol–water partition coefficient (Wildman–Crippen LogP) is 0.559. The quantitative estimate of drug-likeness (QED) is 0.422. The summed E-state index contributed by atoms with van der Waals surface area (Å²) in [6, 6.07) is -0.540. The molecule has 0 N–H and O–H groups in total. The van der Waals surface area contributed by atoms with E-state index >= 15 is 0 Å². The van der Waals surface area contributed by atoms with Gasteiger partial charge < -0.3 is 9.69 Å². The lowest BCUT2D eigenvalue weighted by Crippen LogP contribution is -2.37. The van der Waals surface area contributed by atoms with Crippen molar-refractivity contribution in [3.8, 4) is 0 Å². The third-order valence-corrected chi connectivity index (χ3v) is 2.54. The fourth-order valence-electron chi connectivity index (χ4n) is 1.31. The first kappa shape index (κ1) is 9.88. The van der Waals surface area contributed by atoms with Crippen LogP contribution < -0.4 is 0 Å². The van der Waals surface area contributed by atoms with Gasteiger partial charge in [0, 0.05) is 6.42 Å². The van der Waals surface area contributed by atoms with Crippen molar-refractivity contribution in [2.45, 2.75) is 18.6 Å². The Balaban J connectivity index is 2.63. The van der Waals surface area contributed by atoms with Crippen molar-refractivity contribution in [2.75, 3.05) is 11.0 Å². The molecule has 2 unspecified atom stereocenters. The number of carbonyl (C=O) groups is 2. The Morgan fingerprint density at radius 1 is 1.75 bits per heavy atom. The number of carbonyl (C=O) groups excluding carboxylic acids is 2. The number of likely N-dealkylation sites (tertiary alicyclic amines) is 1. The van der Waals surface area contributed by atoms with Crippen molar-refractivity contribution < 1.29 is 14.0 Å². The van der Waals surface area contributed by atoms with Gasteiger partial charge in [-0.15, -0.1) is 0 Å². The molecule has 0 aromatic rings. The molecule has 0 aromatic carbocycles. The van der Waals surface area contributed by atoms with Crippen LogP contribution in [-0.4, -0.2) is 40.3 Å². The number of nitrogens with zero attached hydrogens (tertiary/aromatic N) is 1. The highest BCUT2D eigenvalue weighted by atomic mass is 127. The highest BCUT2D eigenvalue weighted by Crippen LogP contribution is 2.19. The third kappa shape index (κ3) is 1.94. The van der Waals surface area contributed by atoms with Crippen molar-refractivity contribution in [1.82, 2.24) is 4.90 Å². The molecule has 0 bridgehead atoms. The number of hydrogen-bond acceptors (Lipinski definition) is 2. The Labute approximate surface area is 83.4 Å². The Hall–Kier alpha value is -0.200. The van der Waals surface area contributed by atoms with Gasteiger partial charge in [0.25, 0.3) is 0 Å². The number of amides is 1. The van der Waals surface area contributed by atoms with Crippen LogP contribution in [0.1, 0.15) is 6.42 Å². The maximum Gasteiger partial charge on any atom is 0.233 e. The Morgan fingerprint density at radius 2 is 2.42 bits per heavy atom. The smallest absolute Gasteiger partial charge is 0.233 e. The summed E-state index contributed by atoms with van der Waals surface area (Å²) >= 11 is 1.91. The summed E-state index contributed by atoms with van der Waals surface area (Å²) in [6.07, 6.45) is -0.234. The molecular weight excluding hydrogens is 276 g/mol. The number of halogens is 2. The lowest BCUT2D eigenvalue weighted by molar-refractivity contribution is -0.131. The Morgan fingerprint density at radius 3 is 2.92 bits per heavy atom. The first-order chi connectivity index (χ1) is 5.69. The lowest BCUT2D eigenvalue weighted by Gasteiger charge is -2.18. The standard InChI is InChI=1S/C7H9FINO2/c8-5-1-6(4-11)10(3-5)7(12)2-9/h4-6H,1-3H2. The second-order valence-electron chi connectivity index (χ2n) is 2.72. The van der Waals surface area contributed by atoms with Crippen LogP contribution in [0.4, 0.5) is 4.39 Å². The molecule has 5 heteroatoms. The molecule has 0 aromatic heterocycles. The lowest BCUT2D eigenvalue weighted by atomic mass is 10.2. The van der Waals surface area contributed by atoms with Crippen molar-refractivity contribution in [3.63, 3.8) is 0 Å². The molecule has 0 aliphatic carbocycles. The molecule has 68 valence electrons. The summed E-state index contributed by atoms with van der Waals surface area (Å²) in [5, 5.41) is 0. The van der Waals surface area contributed by atoms with Gasteiger partial charge in [0.2, 0.25) is 5.91 Å². The van der Waals surface area contributed by atoms with E-state index in [1.54, 1.807) is 0 Å². The van der Waals surface area contributed by atoms with E-state index in [4.69, 9.17) is 0 Å². The first-order valence-electron chi connectivity index (χ1n) is 3.63. The van der Waals surface area contributed by atoms with Crippen LogP contribution in [0.25, 0.3) is 0 Å². The van der Waals surface area contributed by atoms with Gasteiger partial charge >= 0.3 is 0 Å². The highest BCUT2D eigenvalue weighted by Gasteiger charge is 2.34. The van der Waals surface area contributed by atoms with Gasteiger partial charge in [-0.25, -0.2) is 4.39 Å². The molecule has 0 spiro atoms. The van der Waals surface area contributed by atoms with Crippen LogP contribution in [-0.2, 0) is 9.59 Å². The minimum Gasteiger partial charge on any atom is -0.329 e. The molecule has 1 amide bonds. The van der Waals surface area contributed by atoms with Gasteiger partial charge in [-0.05, 0) is 0 Å². The molecule has 1 fully saturated rings. The van der Waals surface area contributed by atoms with E-state index in [1.165, 1.54) is 4.90 Å². The fourth-order valence-corrected chi connectivity index (χ4v) is 1.74. The van der Waals surface area contributed by atoms with Crippen LogP contribution in [0.5, 0.6) is 0 Å². The SMILES string of the molecule is O=CC1CC(F)CN1C(=O)CI. The van der Waals surface area contributed by atoms with Crippen molar-refractivity contribution in [1.29, 1.82) is 0 Å². The zero-order chi connectivity index (χ0) is 9.14. The zero-order valence-electron chi connectivity index (χ0n) is 6.37. The molecule has 1 saturated heterocycles. The molecule has 1 aliphatic heterocycles. The van der Waals surface area contributed by atoms with Gasteiger partial charge in [-0.1, -0.05) is 22.6 Å². The normalized spacial score (nSPS) is 29.0. The fraction of sp³-hybridized carbons (Fsp3) is 0.714. The average Bonchev–Trinajstić information content (AvgIpc) is 2.45. The predicted molar refractivity (Wildman–Crippen MR) is 50.0 cm³/mol. The van der Waals surface area contributed by atoms with Crippen molar-refractivity contribution in [3.05, 3.63) is 0 Å². The number of hydrogen-bond donors (Lipinski definition) is 0. The van der Waals surface area contributed by atoms with E-state index in [0.29, 0.717) is 10.7 Å². The molecule has 1 heterocycles. The van der Waals surface area contributed by atoms with Gasteiger partial charge in [0.1, 0.15) is 12.5 Å². The zero-order valence-corrected chi connectivity index (χ0v) is 8.53.